The van der Waals surface area contributed by atoms with Crippen LogP contribution in [-0.2, 0) is 0 Å². The Balaban J connectivity index is 1.15. The van der Waals surface area contributed by atoms with Crippen molar-refractivity contribution >= 4 is 69.7 Å². The molecule has 6 aromatic carbocycles. The van der Waals surface area contributed by atoms with Gasteiger partial charge in [-0.15, -0.1) is 11.3 Å². The molecule has 0 aliphatic heterocycles. The lowest BCUT2D eigenvalue weighted by molar-refractivity contribution is 0.828. The third kappa shape index (κ3) is 3.86. The molecule has 0 saturated carbocycles. The Morgan fingerprint density at radius 2 is 1.16 bits per heavy atom. The van der Waals surface area contributed by atoms with Gasteiger partial charge in [0.05, 0.1) is 16.7 Å². The second-order valence-electron chi connectivity index (χ2n) is 11.3. The summed E-state index contributed by atoms with van der Waals surface area (Å²) in [5.41, 5.74) is 8.19. The fourth-order valence-electron chi connectivity index (χ4n) is 6.82. The molecule has 43 heavy (non-hydrogen) atoms. The van der Waals surface area contributed by atoms with Crippen LogP contribution in [0.5, 0.6) is 0 Å². The Hall–Kier alpha value is -5.12. The first-order valence-corrected chi connectivity index (χ1v) is 15.6. The maximum absolute atomic E-state index is 5.31. The van der Waals surface area contributed by atoms with Crippen LogP contribution in [0.3, 0.4) is 0 Å². The Morgan fingerprint density at radius 1 is 0.558 bits per heavy atom. The zero-order chi connectivity index (χ0) is 28.3. The Kier molecular flexibility index (Phi) is 5.53. The van der Waals surface area contributed by atoms with Gasteiger partial charge in [-0.05, 0) is 39.5 Å². The van der Waals surface area contributed by atoms with E-state index in [1.807, 2.05) is 17.5 Å². The van der Waals surface area contributed by atoms with Gasteiger partial charge in [-0.3, -0.25) is 4.98 Å². The predicted molar refractivity (Wildman–Crippen MR) is 184 cm³/mol. The predicted octanol–water partition coefficient (Wildman–Crippen LogP) is 11.1. The molecule has 0 bridgehead atoms. The zero-order valence-corrected chi connectivity index (χ0v) is 24.2. The highest BCUT2D eigenvalue weighted by Crippen LogP contribution is 2.45. The van der Waals surface area contributed by atoms with E-state index < -0.39 is 0 Å². The van der Waals surface area contributed by atoms with Gasteiger partial charge in [-0.1, -0.05) is 133 Å². The summed E-state index contributed by atoms with van der Waals surface area (Å²) in [5.74, 6) is 0.159. The summed E-state index contributed by atoms with van der Waals surface area (Å²) in [4.78, 5) is 10.3. The van der Waals surface area contributed by atoms with Crippen LogP contribution in [0.15, 0.2) is 140 Å². The van der Waals surface area contributed by atoms with Crippen molar-refractivity contribution in [3.8, 4) is 11.1 Å². The van der Waals surface area contributed by atoms with Gasteiger partial charge >= 0.3 is 0 Å². The van der Waals surface area contributed by atoms with Gasteiger partial charge in [0.2, 0.25) is 0 Å². The molecule has 0 saturated heterocycles. The van der Waals surface area contributed by atoms with Crippen molar-refractivity contribution in [3.05, 3.63) is 151 Å². The number of hydrogen-bond donors (Lipinski definition) is 0. The maximum atomic E-state index is 5.31. The molecule has 8 aromatic rings. The van der Waals surface area contributed by atoms with E-state index in [9.17, 15) is 0 Å². The van der Waals surface area contributed by atoms with Gasteiger partial charge < -0.3 is 0 Å². The van der Waals surface area contributed by atoms with Gasteiger partial charge in [0.1, 0.15) is 0 Å². The van der Waals surface area contributed by atoms with E-state index in [-0.39, 0.29) is 5.92 Å². The quantitative estimate of drug-likeness (QED) is 0.199. The number of nitrogens with zero attached hydrogens (tertiary/aromatic N) is 2. The highest BCUT2D eigenvalue weighted by Gasteiger charge is 2.21. The number of thiophene rings is 1. The molecule has 0 fully saturated rings. The number of fused-ring (bicyclic) bond motifs is 9. The minimum absolute atomic E-state index is 0.159. The Morgan fingerprint density at radius 3 is 1.91 bits per heavy atom. The molecule has 2 nitrogen and oxygen atoms in total. The molecule has 202 valence electrons. The number of benzene rings is 6. The molecule has 1 aliphatic carbocycles. The highest BCUT2D eigenvalue weighted by atomic mass is 32.1. The van der Waals surface area contributed by atoms with Gasteiger partial charge in [0.15, 0.2) is 0 Å². The van der Waals surface area contributed by atoms with E-state index in [0.29, 0.717) is 0 Å². The van der Waals surface area contributed by atoms with Crippen LogP contribution in [-0.4, -0.2) is 9.97 Å². The number of hydrogen-bond acceptors (Lipinski definition) is 3. The largest absolute Gasteiger partial charge is 0.252 e. The fourth-order valence-corrected chi connectivity index (χ4v) is 8.20. The summed E-state index contributed by atoms with van der Waals surface area (Å²) in [5, 5.41) is 7.41. The van der Waals surface area contributed by atoms with E-state index in [2.05, 4.69) is 133 Å². The van der Waals surface area contributed by atoms with Crippen LogP contribution in [0, 0.1) is 0 Å². The molecule has 1 aliphatic rings. The molecule has 9 rings (SSSR count). The lowest BCUT2D eigenvalue weighted by Crippen LogP contribution is -2.04. The van der Waals surface area contributed by atoms with Crippen LogP contribution < -0.4 is 0 Å². The minimum atomic E-state index is 0.159. The van der Waals surface area contributed by atoms with Crippen LogP contribution in [0.25, 0.3) is 69.5 Å². The van der Waals surface area contributed by atoms with E-state index >= 15 is 0 Å². The lowest BCUT2D eigenvalue weighted by atomic mass is 9.87. The van der Waals surface area contributed by atoms with Crippen molar-refractivity contribution < 1.29 is 0 Å². The molecule has 0 amide bonds. The number of allylic oxidation sites excluding steroid dienone is 4. The second-order valence-corrected chi connectivity index (χ2v) is 12.3. The van der Waals surface area contributed by atoms with Crippen molar-refractivity contribution in [2.45, 2.75) is 12.3 Å². The Bertz CT molecular complexity index is 2400. The van der Waals surface area contributed by atoms with Crippen LogP contribution >= 0.6 is 11.3 Å². The van der Waals surface area contributed by atoms with Crippen molar-refractivity contribution in [1.29, 1.82) is 0 Å². The Labute approximate surface area is 253 Å². The van der Waals surface area contributed by atoms with E-state index in [4.69, 9.17) is 9.97 Å². The topological polar surface area (TPSA) is 25.8 Å². The molecule has 1 unspecified atom stereocenters. The van der Waals surface area contributed by atoms with Gasteiger partial charge in [-0.2, -0.15) is 0 Å². The van der Waals surface area contributed by atoms with Crippen molar-refractivity contribution in [3.63, 3.8) is 0 Å². The van der Waals surface area contributed by atoms with Crippen LogP contribution in [0.2, 0.25) is 0 Å². The molecule has 3 heteroatoms. The number of rotatable bonds is 3. The van der Waals surface area contributed by atoms with E-state index in [1.165, 1.54) is 53.2 Å². The fraction of sp³-hybridized carbons (Fsp3) is 0.0500. The molecule has 0 spiro atoms. The number of aromatic nitrogens is 2. The smallest absolute Gasteiger partial charge is 0.0975 e. The molecule has 0 N–H and O–H groups in total. The lowest BCUT2D eigenvalue weighted by Gasteiger charge is -2.19. The first-order chi connectivity index (χ1) is 21.3. The minimum Gasteiger partial charge on any atom is -0.252 e. The summed E-state index contributed by atoms with van der Waals surface area (Å²) < 4.78 is 2.70. The van der Waals surface area contributed by atoms with Crippen LogP contribution in [0.4, 0.5) is 0 Å². The summed E-state index contributed by atoms with van der Waals surface area (Å²) >= 11 is 1.91. The molecule has 0 radical (unpaired) electrons. The van der Waals surface area contributed by atoms with Gasteiger partial charge in [-0.25, -0.2) is 4.98 Å². The normalized spacial score (nSPS) is 15.2. The summed E-state index contributed by atoms with van der Waals surface area (Å²) in [7, 11) is 0. The van der Waals surface area contributed by atoms with Gasteiger partial charge in [0, 0.05) is 43.1 Å². The first kappa shape index (κ1) is 24.5. The standard InChI is InChI=1S/C40H26N2S/c1-2-11-25(12-3-1)28-19-9-21-34-35-22-10-20-29(40(35)43-39(28)34)26-13-8-14-27(23-26)36-24-41-37-32-17-6-4-15-30(32)31-16-5-7-18-33(31)38(37)42-36/h1-22,24,27H,23H2. The molecular formula is C40H26N2S. The molecule has 2 heterocycles. The third-order valence-electron chi connectivity index (χ3n) is 8.86. The summed E-state index contributed by atoms with van der Waals surface area (Å²) in [6.45, 7) is 0. The second kappa shape index (κ2) is 9.72. The van der Waals surface area contributed by atoms with Crippen molar-refractivity contribution in [2.24, 2.45) is 0 Å². The summed E-state index contributed by atoms with van der Waals surface area (Å²) in [6, 6.07) is 41.3. The highest BCUT2D eigenvalue weighted by molar-refractivity contribution is 7.26. The summed E-state index contributed by atoms with van der Waals surface area (Å²) in [6.07, 6.45) is 9.65. The van der Waals surface area contributed by atoms with Crippen molar-refractivity contribution in [2.75, 3.05) is 0 Å². The molecule has 2 aromatic heterocycles. The van der Waals surface area contributed by atoms with Gasteiger partial charge in [0.25, 0.3) is 0 Å². The van der Waals surface area contributed by atoms with E-state index in [1.54, 1.807) is 0 Å². The third-order valence-corrected chi connectivity index (χ3v) is 10.1. The van der Waals surface area contributed by atoms with Crippen molar-refractivity contribution in [1.82, 2.24) is 9.97 Å². The monoisotopic (exact) mass is 566 g/mol. The van der Waals surface area contributed by atoms with Crippen LogP contribution in [0.1, 0.15) is 23.6 Å². The first-order valence-electron chi connectivity index (χ1n) is 14.8. The SMILES string of the molecule is C1=CC(c2cnc3c4ccccc4c4ccccc4c3n2)CC(c2cccc3c2sc2c(-c4ccccc4)cccc23)=C1. The van der Waals surface area contributed by atoms with E-state index in [0.717, 1.165) is 33.9 Å². The maximum Gasteiger partial charge on any atom is 0.0975 e. The average Bonchev–Trinajstić information content (AvgIpc) is 3.48. The zero-order valence-electron chi connectivity index (χ0n) is 23.4. The molecule has 1 atom stereocenters. The molecular weight excluding hydrogens is 541 g/mol. The average molecular weight is 567 g/mol.